The van der Waals surface area contributed by atoms with E-state index in [1.165, 1.54) is 12.3 Å². The van der Waals surface area contributed by atoms with E-state index in [2.05, 4.69) is 26.6 Å². The zero-order chi connectivity index (χ0) is 30.5. The largest absolute Gasteiger partial charge is 0.478 e. The highest BCUT2D eigenvalue weighted by Crippen LogP contribution is 2.27. The smallest absolute Gasteiger partial charge is 0.335 e. The summed E-state index contributed by atoms with van der Waals surface area (Å²) in [4.78, 5) is 51.8. The lowest BCUT2D eigenvalue weighted by molar-refractivity contribution is -0.132. The van der Waals surface area contributed by atoms with Gasteiger partial charge in [0.1, 0.15) is 0 Å². The predicted octanol–water partition coefficient (Wildman–Crippen LogP) is 4.51. The molecule has 1 unspecified atom stereocenters. The molecule has 0 aliphatic carbocycles. The number of rotatable bonds is 10. The van der Waals surface area contributed by atoms with Gasteiger partial charge in [0, 0.05) is 31.0 Å². The number of piperidine rings is 1. The van der Waals surface area contributed by atoms with Gasteiger partial charge < -0.3 is 15.1 Å². The number of hydrogen-bond donors (Lipinski definition) is 2. The summed E-state index contributed by atoms with van der Waals surface area (Å²) in [5.41, 5.74) is 4.33. The van der Waals surface area contributed by atoms with Crippen molar-refractivity contribution < 1.29 is 19.8 Å². The lowest BCUT2D eigenvalue weighted by Gasteiger charge is -2.32. The Morgan fingerprint density at radius 3 is 2.70 bits per heavy atom. The molecular weight excluding hydrogens is 548 g/mol. The van der Waals surface area contributed by atoms with E-state index in [0.29, 0.717) is 42.1 Å². The fraction of sp³-hybridized carbons (Fsp3) is 0.250. The Morgan fingerprint density at radius 1 is 1.16 bits per heavy atom. The minimum atomic E-state index is -1.02. The van der Waals surface area contributed by atoms with Gasteiger partial charge in [-0.3, -0.25) is 19.1 Å². The van der Waals surface area contributed by atoms with E-state index in [4.69, 9.17) is 0 Å². The number of hydrogen-bond acceptors (Lipinski definition) is 7. The maximum atomic E-state index is 14.0. The third-order valence-electron chi connectivity index (χ3n) is 7.65. The van der Waals surface area contributed by atoms with Crippen LogP contribution < -0.4 is 5.69 Å². The van der Waals surface area contributed by atoms with Crippen molar-refractivity contribution in [2.24, 2.45) is 4.99 Å². The van der Waals surface area contributed by atoms with E-state index in [9.17, 15) is 24.6 Å². The SMILES string of the molecule is C=N/C=C\C(=C/CCN1CCCC(n2c(=O)n(-c3ccc(-c4ccc(C(=O)O)cc4C)nc3)c3cccnc32)C1)C(=O)O. The minimum Gasteiger partial charge on any atom is -0.478 e. The highest BCUT2D eigenvalue weighted by Gasteiger charge is 2.27. The molecular formula is C32H32N6O5. The first kappa shape index (κ1) is 29.3. The van der Waals surface area contributed by atoms with Gasteiger partial charge in [0.25, 0.3) is 0 Å². The van der Waals surface area contributed by atoms with Gasteiger partial charge in [-0.2, -0.15) is 0 Å². The van der Waals surface area contributed by atoms with Crippen molar-refractivity contribution in [3.8, 4) is 16.9 Å². The fourth-order valence-electron chi connectivity index (χ4n) is 5.60. The monoisotopic (exact) mass is 580 g/mol. The van der Waals surface area contributed by atoms with E-state index >= 15 is 0 Å². The predicted molar refractivity (Wildman–Crippen MR) is 164 cm³/mol. The Kier molecular flexibility index (Phi) is 8.72. The zero-order valence-electron chi connectivity index (χ0n) is 23.8. The molecule has 1 aliphatic heterocycles. The summed E-state index contributed by atoms with van der Waals surface area (Å²) >= 11 is 0. The number of likely N-dealkylation sites (tertiary alicyclic amines) is 1. The summed E-state index contributed by atoms with van der Waals surface area (Å²) in [6.07, 6.45) is 10.0. The van der Waals surface area contributed by atoms with Crippen LogP contribution in [0.5, 0.6) is 0 Å². The molecule has 11 heteroatoms. The highest BCUT2D eigenvalue weighted by molar-refractivity contribution is 5.90. The number of aromatic nitrogens is 4. The number of nitrogens with zero attached hydrogens (tertiary/aromatic N) is 6. The molecule has 0 radical (unpaired) electrons. The van der Waals surface area contributed by atoms with Crippen LogP contribution in [0, 0.1) is 6.92 Å². The van der Waals surface area contributed by atoms with Gasteiger partial charge in [0.05, 0.1) is 40.3 Å². The molecule has 0 spiro atoms. The summed E-state index contributed by atoms with van der Waals surface area (Å²) in [5, 5.41) is 18.7. The van der Waals surface area contributed by atoms with E-state index in [1.807, 2.05) is 25.1 Å². The van der Waals surface area contributed by atoms with Gasteiger partial charge in [-0.05, 0) is 87.5 Å². The minimum absolute atomic E-state index is 0.102. The highest BCUT2D eigenvalue weighted by atomic mass is 16.4. The van der Waals surface area contributed by atoms with Crippen molar-refractivity contribution in [1.29, 1.82) is 0 Å². The number of imidazole rings is 1. The van der Waals surface area contributed by atoms with Crippen molar-refractivity contribution >= 4 is 29.8 Å². The normalized spacial score (nSPS) is 16.1. The molecule has 2 N–H and O–H groups in total. The molecule has 1 saturated heterocycles. The number of fused-ring (bicyclic) bond motifs is 1. The van der Waals surface area contributed by atoms with E-state index in [-0.39, 0.29) is 22.9 Å². The van der Waals surface area contributed by atoms with Gasteiger partial charge in [-0.15, -0.1) is 0 Å². The Hall–Kier alpha value is -5.16. The topological polar surface area (TPSA) is 143 Å². The summed E-state index contributed by atoms with van der Waals surface area (Å²) < 4.78 is 3.39. The molecule has 43 heavy (non-hydrogen) atoms. The van der Waals surface area contributed by atoms with Crippen molar-refractivity contribution in [2.75, 3.05) is 19.6 Å². The molecule has 220 valence electrons. The third kappa shape index (κ3) is 6.21. The van der Waals surface area contributed by atoms with Crippen LogP contribution in [-0.4, -0.2) is 72.5 Å². The third-order valence-corrected chi connectivity index (χ3v) is 7.65. The van der Waals surface area contributed by atoms with Crippen molar-refractivity contribution in [1.82, 2.24) is 24.0 Å². The average Bonchev–Trinajstić information content (AvgIpc) is 3.30. The number of carboxylic acid groups (broad SMARTS) is 2. The van der Waals surface area contributed by atoms with Crippen LogP contribution in [0.15, 0.2) is 88.6 Å². The second-order valence-corrected chi connectivity index (χ2v) is 10.4. The molecule has 11 nitrogen and oxygen atoms in total. The molecule has 1 atom stereocenters. The second kappa shape index (κ2) is 12.8. The number of benzene rings is 1. The molecule has 1 aliphatic rings. The number of pyridine rings is 2. The van der Waals surface area contributed by atoms with Crippen molar-refractivity contribution in [3.63, 3.8) is 0 Å². The Labute approximate surface area is 247 Å². The van der Waals surface area contributed by atoms with Gasteiger partial charge in [-0.25, -0.2) is 19.4 Å². The Bertz CT molecular complexity index is 1800. The van der Waals surface area contributed by atoms with Gasteiger partial charge >= 0.3 is 17.6 Å². The molecule has 0 saturated carbocycles. The number of carbonyl (C=O) groups is 2. The van der Waals surface area contributed by atoms with Gasteiger partial charge in [-0.1, -0.05) is 12.1 Å². The molecule has 4 heterocycles. The van der Waals surface area contributed by atoms with Crippen LogP contribution in [0.3, 0.4) is 0 Å². The fourth-order valence-corrected chi connectivity index (χ4v) is 5.60. The van der Waals surface area contributed by atoms with Crippen LogP contribution >= 0.6 is 0 Å². The molecule has 1 aromatic carbocycles. The first-order valence-corrected chi connectivity index (χ1v) is 14.0. The molecule has 0 bridgehead atoms. The van der Waals surface area contributed by atoms with Crippen LogP contribution in [0.2, 0.25) is 0 Å². The van der Waals surface area contributed by atoms with Crippen LogP contribution in [-0.2, 0) is 4.79 Å². The molecule has 4 aromatic rings. The second-order valence-electron chi connectivity index (χ2n) is 10.4. The number of aromatic carboxylic acids is 1. The maximum absolute atomic E-state index is 14.0. The standard InChI is InChI=1S/C32H32N6O5/c1-21-18-23(31(41)42)9-11-26(21)27-12-10-24(19-35-27)37-28-8-3-14-34-29(28)38(32(37)43)25-7-5-17-36(20-25)16-4-6-22(30(39)40)13-15-33-2/h3,6,8-15,18-19,25H,2,4-5,7,16-17,20H2,1H3,(H,39,40)(H,41,42)/b15-13-,22-6+. The van der Waals surface area contributed by atoms with E-state index in [1.54, 1.807) is 51.9 Å². The molecule has 1 fully saturated rings. The molecule has 3 aromatic heterocycles. The van der Waals surface area contributed by atoms with Crippen LogP contribution in [0.1, 0.15) is 41.2 Å². The average molecular weight is 581 g/mol. The summed E-state index contributed by atoms with van der Waals surface area (Å²) in [7, 11) is 0. The zero-order valence-corrected chi connectivity index (χ0v) is 23.8. The maximum Gasteiger partial charge on any atom is 0.335 e. The first-order valence-electron chi connectivity index (χ1n) is 14.0. The summed E-state index contributed by atoms with van der Waals surface area (Å²) in [6.45, 7) is 7.33. The van der Waals surface area contributed by atoms with Crippen LogP contribution in [0.4, 0.5) is 0 Å². The number of aliphatic carboxylic acids is 1. The molecule has 0 amide bonds. The summed E-state index contributed by atoms with van der Waals surface area (Å²) in [6, 6.07) is 12.1. The van der Waals surface area contributed by atoms with Crippen LogP contribution in [0.25, 0.3) is 28.1 Å². The Balaban J connectivity index is 1.41. The van der Waals surface area contributed by atoms with Gasteiger partial charge in [0.2, 0.25) is 0 Å². The van der Waals surface area contributed by atoms with Gasteiger partial charge in [0.15, 0.2) is 5.65 Å². The number of carboxylic acids is 2. The number of aliphatic imine (C=N–C) groups is 1. The quantitative estimate of drug-likeness (QED) is 0.159. The van der Waals surface area contributed by atoms with E-state index < -0.39 is 11.9 Å². The molecule has 5 rings (SSSR count). The summed E-state index contributed by atoms with van der Waals surface area (Å²) in [5.74, 6) is -2.00. The van der Waals surface area contributed by atoms with Crippen molar-refractivity contribution in [2.45, 2.75) is 32.2 Å². The number of aryl methyl sites for hydroxylation is 1. The first-order chi connectivity index (χ1) is 20.8. The van der Waals surface area contributed by atoms with Crippen molar-refractivity contribution in [3.05, 3.63) is 100 Å². The lowest BCUT2D eigenvalue weighted by atomic mass is 10.0. The Morgan fingerprint density at radius 2 is 2.00 bits per heavy atom. The lowest BCUT2D eigenvalue weighted by Crippen LogP contribution is -2.40. The van der Waals surface area contributed by atoms with E-state index in [0.717, 1.165) is 30.5 Å².